The van der Waals surface area contributed by atoms with E-state index >= 15 is 4.39 Å². The van der Waals surface area contributed by atoms with Crippen LogP contribution >= 0.6 is 23.2 Å². The van der Waals surface area contributed by atoms with Crippen molar-refractivity contribution >= 4 is 50.9 Å². The molecule has 2 aromatic carbocycles. The van der Waals surface area contributed by atoms with Crippen LogP contribution in [0.5, 0.6) is 0 Å². The maximum atomic E-state index is 17.2. The number of hydrogen-bond acceptors (Lipinski definition) is 6. The van der Waals surface area contributed by atoms with Crippen molar-refractivity contribution in [1.29, 1.82) is 5.26 Å². The largest absolute Gasteiger partial charge is 0.337 e. The summed E-state index contributed by atoms with van der Waals surface area (Å²) in [6.45, 7) is 7.55. The molecule has 3 aromatic heterocycles. The summed E-state index contributed by atoms with van der Waals surface area (Å²) in [5.74, 6) is 0.219. The highest BCUT2D eigenvalue weighted by atomic mass is 35.5. The Hall–Kier alpha value is -4.04. The van der Waals surface area contributed by atoms with Gasteiger partial charge >= 0.3 is 0 Å². The van der Waals surface area contributed by atoms with Gasteiger partial charge in [0.15, 0.2) is 5.82 Å². The second kappa shape index (κ2) is 12.3. The summed E-state index contributed by atoms with van der Waals surface area (Å²) < 4.78 is 21.7. The standard InChI is InChI=1S/C39H39Cl2FN8O/c1-4-30-20(3)46-47-50(30)24-15-31(48(18-24)39(51)21-10-11-21)32-16-26-19(2)45-36-27(38(26)49(32)37-23-14-29(37)44-17-23)13-22(7-6-12-43)33(35(36)42)25-8-5-9-28(40)34(25)41/h5,8-9,13,16,21,23-24,29,31,37,44H,4,6-7,10-11,14-15,17-18H2,1-3H3/t23-,24+,29-,31-,37+/m1/s1. The Morgan fingerprint density at radius 1 is 1.14 bits per heavy atom. The van der Waals surface area contributed by atoms with Gasteiger partial charge in [0.2, 0.25) is 5.91 Å². The fraction of sp³-hybridized carbons (Fsp3) is 0.462. The summed E-state index contributed by atoms with van der Waals surface area (Å²) in [6.07, 6.45) is 5.01. The number of carbonyl (C=O) groups excluding carboxylic acids is 1. The molecule has 2 aliphatic carbocycles. The molecule has 0 spiro atoms. The lowest BCUT2D eigenvalue weighted by molar-refractivity contribution is -0.133. The summed E-state index contributed by atoms with van der Waals surface area (Å²) in [5, 5.41) is 24.6. The number of carbonyl (C=O) groups is 1. The van der Waals surface area contributed by atoms with Crippen LogP contribution in [0.4, 0.5) is 4.39 Å². The number of hydrogen-bond donors (Lipinski definition) is 1. The zero-order valence-electron chi connectivity index (χ0n) is 28.9. The Labute approximate surface area is 305 Å². The van der Waals surface area contributed by atoms with Gasteiger partial charge in [-0.2, -0.15) is 5.26 Å². The number of benzene rings is 2. The summed E-state index contributed by atoms with van der Waals surface area (Å²) >= 11 is 13.1. The highest BCUT2D eigenvalue weighted by molar-refractivity contribution is 6.43. The van der Waals surface area contributed by atoms with Crippen molar-refractivity contribution in [2.45, 2.75) is 89.9 Å². The van der Waals surface area contributed by atoms with Crippen molar-refractivity contribution in [2.75, 3.05) is 13.1 Å². The van der Waals surface area contributed by atoms with E-state index in [1.807, 2.05) is 24.6 Å². The van der Waals surface area contributed by atoms with E-state index in [0.29, 0.717) is 52.4 Å². The minimum Gasteiger partial charge on any atom is -0.337 e. The Balaban J connectivity index is 1.29. The Morgan fingerprint density at radius 3 is 2.67 bits per heavy atom. The third-order valence-electron chi connectivity index (χ3n) is 11.9. The number of amides is 1. The molecule has 2 saturated carbocycles. The average Bonchev–Trinajstić information content (AvgIpc) is 3.53. The maximum absolute atomic E-state index is 17.2. The number of nitrogens with zero attached hydrogens (tertiary/aromatic N) is 7. The zero-order chi connectivity index (χ0) is 35.3. The van der Waals surface area contributed by atoms with E-state index in [0.717, 1.165) is 65.9 Å². The lowest BCUT2D eigenvalue weighted by Gasteiger charge is -2.39. The first-order valence-corrected chi connectivity index (χ1v) is 18.9. The Kier molecular flexibility index (Phi) is 7.91. The minimum atomic E-state index is -0.473. The molecule has 10 rings (SSSR count). The molecule has 2 bridgehead atoms. The van der Waals surface area contributed by atoms with Gasteiger partial charge in [-0.25, -0.2) is 14.1 Å². The number of rotatable bonds is 8. The lowest BCUT2D eigenvalue weighted by atomic mass is 9.79. The van der Waals surface area contributed by atoms with Crippen LogP contribution in [0, 0.1) is 42.8 Å². The molecule has 0 radical (unpaired) electrons. The van der Waals surface area contributed by atoms with Crippen molar-refractivity contribution in [3.63, 3.8) is 0 Å². The van der Waals surface area contributed by atoms with Crippen LogP contribution in [0.2, 0.25) is 10.0 Å². The predicted molar refractivity (Wildman–Crippen MR) is 195 cm³/mol. The molecule has 5 aliphatic rings. The van der Waals surface area contributed by atoms with Gasteiger partial charge in [-0.05, 0) is 82.1 Å². The van der Waals surface area contributed by atoms with Crippen LogP contribution in [-0.4, -0.2) is 54.5 Å². The molecule has 51 heavy (non-hydrogen) atoms. The third kappa shape index (κ3) is 5.02. The van der Waals surface area contributed by atoms with Crippen LogP contribution in [0.3, 0.4) is 0 Å². The van der Waals surface area contributed by atoms with E-state index in [1.54, 1.807) is 18.2 Å². The summed E-state index contributed by atoms with van der Waals surface area (Å²) in [5.41, 5.74) is 6.50. The first kappa shape index (κ1) is 32.8. The molecular weight excluding hydrogens is 686 g/mol. The van der Waals surface area contributed by atoms with E-state index in [1.165, 1.54) is 0 Å². The fourth-order valence-corrected chi connectivity index (χ4v) is 9.68. The summed E-state index contributed by atoms with van der Waals surface area (Å²) in [7, 11) is 0. The molecule has 5 atom stereocenters. The molecular formula is C39H39Cl2FN8O. The van der Waals surface area contributed by atoms with E-state index in [-0.39, 0.29) is 53.0 Å². The maximum Gasteiger partial charge on any atom is 0.226 e. The molecule has 5 aromatic rings. The van der Waals surface area contributed by atoms with E-state index in [9.17, 15) is 10.1 Å². The fourth-order valence-electron chi connectivity index (χ4n) is 9.28. The van der Waals surface area contributed by atoms with E-state index in [4.69, 9.17) is 28.2 Å². The van der Waals surface area contributed by atoms with Crippen LogP contribution < -0.4 is 5.32 Å². The number of pyridine rings is 1. The number of fused-ring (bicyclic) bond motifs is 4. The normalized spacial score (nSPS) is 24.1. The molecule has 6 heterocycles. The molecule has 0 unspecified atom stereocenters. The van der Waals surface area contributed by atoms with Crippen LogP contribution in [0.1, 0.15) is 85.5 Å². The van der Waals surface area contributed by atoms with Gasteiger partial charge in [-0.3, -0.25) is 4.79 Å². The number of likely N-dealkylation sites (tertiary alicyclic amines) is 1. The molecule has 1 amide bonds. The smallest absolute Gasteiger partial charge is 0.226 e. The van der Waals surface area contributed by atoms with Crippen molar-refractivity contribution < 1.29 is 9.18 Å². The van der Waals surface area contributed by atoms with E-state index in [2.05, 4.69) is 44.2 Å². The molecule has 12 heteroatoms. The second-order valence-corrected chi connectivity index (χ2v) is 15.7. The summed E-state index contributed by atoms with van der Waals surface area (Å²) in [4.78, 5) is 21.1. The van der Waals surface area contributed by atoms with Gasteiger partial charge in [0.05, 0.1) is 51.1 Å². The van der Waals surface area contributed by atoms with Gasteiger partial charge < -0.3 is 14.8 Å². The lowest BCUT2D eigenvalue weighted by Crippen LogP contribution is -2.41. The molecule has 262 valence electrons. The number of nitrogens with one attached hydrogen (secondary N) is 1. The highest BCUT2D eigenvalue weighted by Crippen LogP contribution is 2.52. The molecule has 5 fully saturated rings. The van der Waals surface area contributed by atoms with Crippen molar-refractivity contribution in [1.82, 2.24) is 34.8 Å². The van der Waals surface area contributed by atoms with E-state index < -0.39 is 5.82 Å². The average molecular weight is 726 g/mol. The quantitative estimate of drug-likeness (QED) is 0.174. The third-order valence-corrected chi connectivity index (χ3v) is 12.7. The number of nitriles is 1. The monoisotopic (exact) mass is 724 g/mol. The second-order valence-electron chi connectivity index (χ2n) is 14.9. The topological polar surface area (TPSA) is 105 Å². The van der Waals surface area contributed by atoms with Gasteiger partial charge in [0.1, 0.15) is 5.52 Å². The van der Waals surface area contributed by atoms with Crippen LogP contribution in [0.15, 0.2) is 30.3 Å². The Morgan fingerprint density at radius 2 is 1.96 bits per heavy atom. The van der Waals surface area contributed by atoms with Gasteiger partial charge in [0.25, 0.3) is 0 Å². The van der Waals surface area contributed by atoms with Crippen molar-refractivity contribution in [3.05, 3.63) is 74.5 Å². The first-order valence-electron chi connectivity index (χ1n) is 18.1. The minimum absolute atomic E-state index is 0.00690. The van der Waals surface area contributed by atoms with Crippen molar-refractivity contribution in [2.24, 2.45) is 11.8 Å². The summed E-state index contributed by atoms with van der Waals surface area (Å²) in [6, 6.07) is 11.9. The van der Waals surface area contributed by atoms with Gasteiger partial charge in [-0.15, -0.1) is 5.10 Å². The predicted octanol–water partition coefficient (Wildman–Crippen LogP) is 7.99. The van der Waals surface area contributed by atoms with Gasteiger partial charge in [-0.1, -0.05) is 47.5 Å². The number of halogens is 3. The molecule has 9 nitrogen and oxygen atoms in total. The van der Waals surface area contributed by atoms with Gasteiger partial charge in [0, 0.05) is 64.8 Å². The number of aromatic nitrogens is 5. The van der Waals surface area contributed by atoms with Crippen molar-refractivity contribution in [3.8, 4) is 17.2 Å². The number of aryl methyl sites for hydroxylation is 3. The molecule has 1 N–H and O–H groups in total. The highest BCUT2D eigenvalue weighted by Gasteiger charge is 2.51. The Bertz CT molecular complexity index is 2290. The molecule has 3 aliphatic heterocycles. The first-order chi connectivity index (χ1) is 24.7. The van der Waals surface area contributed by atoms with Crippen LogP contribution in [0.25, 0.3) is 32.9 Å². The molecule has 3 saturated heterocycles. The van der Waals surface area contributed by atoms with Crippen LogP contribution in [-0.2, 0) is 17.6 Å². The zero-order valence-corrected chi connectivity index (χ0v) is 30.4. The SMILES string of the molecule is CCc1c(C)nnn1[C@H]1C[C@H](c2cc3c(C)nc4c(F)c(-c5cccc(Cl)c5Cl)c(CCC#N)cc4c3n2[C@H]2[C@H]3CN[C@@H]2C3)N(C(=O)C2CC2)C1.